The minimum Gasteiger partial charge on any atom is -0.481 e. The van der Waals surface area contributed by atoms with E-state index in [9.17, 15) is 9.59 Å². The van der Waals surface area contributed by atoms with Gasteiger partial charge in [0.2, 0.25) is 5.91 Å². The van der Waals surface area contributed by atoms with E-state index < -0.39 is 17.4 Å². The van der Waals surface area contributed by atoms with Crippen LogP contribution in [0.3, 0.4) is 0 Å². The van der Waals surface area contributed by atoms with E-state index in [1.165, 1.54) is 0 Å². The van der Waals surface area contributed by atoms with Crippen molar-refractivity contribution in [3.63, 3.8) is 0 Å². The van der Waals surface area contributed by atoms with E-state index in [-0.39, 0.29) is 12.3 Å². The highest BCUT2D eigenvalue weighted by atomic mass is 16.4. The van der Waals surface area contributed by atoms with Crippen molar-refractivity contribution in [2.45, 2.75) is 25.8 Å². The summed E-state index contributed by atoms with van der Waals surface area (Å²) in [6.45, 7) is 3.59. The summed E-state index contributed by atoms with van der Waals surface area (Å²) < 4.78 is 0. The molecule has 0 radical (unpaired) electrons. The van der Waals surface area contributed by atoms with Crippen LogP contribution in [0, 0.1) is 5.92 Å². The quantitative estimate of drug-likeness (QED) is 0.848. The van der Waals surface area contributed by atoms with Gasteiger partial charge in [-0.3, -0.25) is 9.59 Å². The van der Waals surface area contributed by atoms with Gasteiger partial charge in [0, 0.05) is 12.1 Å². The Morgan fingerprint density at radius 3 is 2.41 bits per heavy atom. The van der Waals surface area contributed by atoms with E-state index in [4.69, 9.17) is 5.11 Å². The van der Waals surface area contributed by atoms with Gasteiger partial charge in [-0.25, -0.2) is 0 Å². The van der Waals surface area contributed by atoms with Gasteiger partial charge in [-0.2, -0.15) is 0 Å². The first-order valence-electron chi connectivity index (χ1n) is 5.55. The lowest BCUT2D eigenvalue weighted by Crippen LogP contribution is -2.46. The van der Waals surface area contributed by atoms with Crippen LogP contribution >= 0.6 is 0 Å². The van der Waals surface area contributed by atoms with Crippen molar-refractivity contribution in [3.05, 3.63) is 30.3 Å². The predicted molar refractivity (Wildman–Crippen MR) is 63.7 cm³/mol. The lowest BCUT2D eigenvalue weighted by Gasteiger charge is -2.34. The second kappa shape index (κ2) is 3.87. The maximum Gasteiger partial charge on any atom is 0.309 e. The van der Waals surface area contributed by atoms with Gasteiger partial charge in [0.05, 0.1) is 11.5 Å². The first-order valence-corrected chi connectivity index (χ1v) is 5.55. The van der Waals surface area contributed by atoms with Crippen LogP contribution < -0.4 is 4.90 Å². The second-order valence-corrected chi connectivity index (χ2v) is 4.81. The molecule has 1 aromatic carbocycles. The Kier molecular flexibility index (Phi) is 2.65. The van der Waals surface area contributed by atoms with Crippen molar-refractivity contribution in [1.29, 1.82) is 0 Å². The van der Waals surface area contributed by atoms with Gasteiger partial charge in [-0.05, 0) is 26.0 Å². The molecule has 90 valence electrons. The Labute approximate surface area is 99.9 Å². The number of benzene rings is 1. The van der Waals surface area contributed by atoms with Gasteiger partial charge in [-0.1, -0.05) is 18.2 Å². The molecule has 17 heavy (non-hydrogen) atoms. The number of hydrogen-bond donors (Lipinski definition) is 1. The molecule has 0 aromatic heterocycles. The van der Waals surface area contributed by atoms with Crippen LogP contribution in [0.5, 0.6) is 0 Å². The predicted octanol–water partition coefficient (Wildman–Crippen LogP) is 1.90. The number of rotatable bonds is 2. The largest absolute Gasteiger partial charge is 0.481 e. The highest BCUT2D eigenvalue weighted by Gasteiger charge is 2.50. The van der Waals surface area contributed by atoms with E-state index in [1.54, 1.807) is 18.7 Å². The molecule has 1 N–H and O–H groups in total. The maximum atomic E-state index is 12.0. The zero-order valence-corrected chi connectivity index (χ0v) is 9.88. The number of amides is 1. The normalized spacial score (nSPS) is 22.8. The van der Waals surface area contributed by atoms with Gasteiger partial charge in [0.1, 0.15) is 0 Å². The summed E-state index contributed by atoms with van der Waals surface area (Å²) in [6.07, 6.45) is 0.0667. The molecule has 0 saturated carbocycles. The zero-order chi connectivity index (χ0) is 12.6. The molecule has 4 nitrogen and oxygen atoms in total. The summed E-state index contributed by atoms with van der Waals surface area (Å²) in [7, 11) is 0. The number of carbonyl (C=O) groups excluding carboxylic acids is 1. The minimum atomic E-state index is -0.915. The number of carboxylic acids is 1. The molecule has 1 atom stereocenters. The summed E-state index contributed by atoms with van der Waals surface area (Å²) in [5.41, 5.74) is 0.0656. The average Bonchev–Trinajstić information content (AvgIpc) is 2.50. The lowest BCUT2D eigenvalue weighted by atomic mass is 9.88. The first kappa shape index (κ1) is 11.6. The highest BCUT2D eigenvalue weighted by Crippen LogP contribution is 2.39. The number of nitrogens with zero attached hydrogens (tertiary/aromatic N) is 1. The molecular weight excluding hydrogens is 218 g/mol. The molecule has 0 aliphatic carbocycles. The Bertz CT molecular complexity index is 453. The van der Waals surface area contributed by atoms with E-state index in [0.717, 1.165) is 5.69 Å². The van der Waals surface area contributed by atoms with E-state index >= 15 is 0 Å². The Morgan fingerprint density at radius 1 is 1.35 bits per heavy atom. The van der Waals surface area contributed by atoms with Crippen molar-refractivity contribution in [1.82, 2.24) is 0 Å². The number of anilines is 1. The summed E-state index contributed by atoms with van der Waals surface area (Å²) in [6, 6.07) is 9.19. The van der Waals surface area contributed by atoms with Crippen LogP contribution in [0.4, 0.5) is 5.69 Å². The third kappa shape index (κ3) is 1.79. The van der Waals surface area contributed by atoms with Crippen molar-refractivity contribution < 1.29 is 14.7 Å². The van der Waals surface area contributed by atoms with Gasteiger partial charge < -0.3 is 10.0 Å². The smallest absolute Gasteiger partial charge is 0.309 e. The van der Waals surface area contributed by atoms with E-state index in [1.807, 2.05) is 30.3 Å². The summed E-state index contributed by atoms with van der Waals surface area (Å²) >= 11 is 0. The molecular formula is C13H15NO3. The molecule has 1 aliphatic rings. The number of carboxylic acid groups (broad SMARTS) is 1. The summed E-state index contributed by atoms with van der Waals surface area (Å²) in [5, 5.41) is 9.15. The topological polar surface area (TPSA) is 57.6 Å². The second-order valence-electron chi connectivity index (χ2n) is 4.81. The molecule has 0 bridgehead atoms. The van der Waals surface area contributed by atoms with Crippen molar-refractivity contribution in [3.8, 4) is 0 Å². The van der Waals surface area contributed by atoms with E-state index in [2.05, 4.69) is 0 Å². The Balaban J connectivity index is 2.42. The average molecular weight is 233 g/mol. The Hall–Kier alpha value is -1.84. The molecule has 1 saturated heterocycles. The molecule has 0 unspecified atom stereocenters. The maximum absolute atomic E-state index is 12.0. The number of para-hydroxylation sites is 1. The fourth-order valence-corrected chi connectivity index (χ4v) is 2.44. The highest BCUT2D eigenvalue weighted by molar-refractivity contribution is 6.01. The lowest BCUT2D eigenvalue weighted by molar-refractivity contribution is -0.143. The SMILES string of the molecule is CC1(C)[C@H](C(=O)O)CC(=O)N1c1ccccc1. The molecule has 1 heterocycles. The summed E-state index contributed by atoms with van der Waals surface area (Å²) in [5.74, 6) is -1.70. The van der Waals surface area contributed by atoms with Crippen molar-refractivity contribution in [2.24, 2.45) is 5.92 Å². The first-order chi connectivity index (χ1) is 7.94. The number of carbonyl (C=O) groups is 2. The number of hydrogen-bond acceptors (Lipinski definition) is 2. The standard InChI is InChI=1S/C13H15NO3/c1-13(2)10(12(16)17)8-11(15)14(13)9-6-4-3-5-7-9/h3-7,10H,8H2,1-2H3,(H,16,17)/t10-/m0/s1. The zero-order valence-electron chi connectivity index (χ0n) is 9.88. The summed E-state index contributed by atoms with van der Waals surface area (Å²) in [4.78, 5) is 24.7. The van der Waals surface area contributed by atoms with Crippen molar-refractivity contribution in [2.75, 3.05) is 4.90 Å². The molecule has 0 spiro atoms. The third-order valence-corrected chi connectivity index (χ3v) is 3.37. The van der Waals surface area contributed by atoms with Crippen LogP contribution in [0.2, 0.25) is 0 Å². The molecule has 1 amide bonds. The van der Waals surface area contributed by atoms with Crippen LogP contribution in [0.25, 0.3) is 0 Å². The van der Waals surface area contributed by atoms with Gasteiger partial charge in [0.25, 0.3) is 0 Å². The third-order valence-electron chi connectivity index (χ3n) is 3.37. The molecule has 4 heteroatoms. The fraction of sp³-hybridized carbons (Fsp3) is 0.385. The van der Waals surface area contributed by atoms with Crippen molar-refractivity contribution >= 4 is 17.6 Å². The number of aliphatic carboxylic acids is 1. The van der Waals surface area contributed by atoms with Crippen LogP contribution in [0.15, 0.2) is 30.3 Å². The van der Waals surface area contributed by atoms with Crippen LogP contribution in [0.1, 0.15) is 20.3 Å². The van der Waals surface area contributed by atoms with Gasteiger partial charge in [-0.15, -0.1) is 0 Å². The fourth-order valence-electron chi connectivity index (χ4n) is 2.44. The molecule has 2 rings (SSSR count). The Morgan fingerprint density at radius 2 is 1.94 bits per heavy atom. The monoisotopic (exact) mass is 233 g/mol. The molecule has 1 aromatic rings. The van der Waals surface area contributed by atoms with E-state index in [0.29, 0.717) is 0 Å². The minimum absolute atomic E-state index is 0.0667. The van der Waals surface area contributed by atoms with Crippen LogP contribution in [-0.4, -0.2) is 22.5 Å². The van der Waals surface area contributed by atoms with Gasteiger partial charge >= 0.3 is 5.97 Å². The van der Waals surface area contributed by atoms with Gasteiger partial charge in [0.15, 0.2) is 0 Å². The molecule has 1 fully saturated rings. The van der Waals surface area contributed by atoms with Crippen LogP contribution in [-0.2, 0) is 9.59 Å². The molecule has 1 aliphatic heterocycles.